The molecule has 0 saturated heterocycles. The SMILES string of the molecule is CCCN(CCC)C(=O)c1ccc(Nc2ccc(CC)cc2)cn1. The second kappa shape index (κ2) is 9.06. The zero-order chi connectivity index (χ0) is 17.4. The number of rotatable bonds is 8. The molecule has 0 fully saturated rings. The lowest BCUT2D eigenvalue weighted by atomic mass is 10.1. The van der Waals surface area contributed by atoms with Crippen LogP contribution in [-0.2, 0) is 6.42 Å². The van der Waals surface area contributed by atoms with Crippen LogP contribution in [0.5, 0.6) is 0 Å². The van der Waals surface area contributed by atoms with E-state index in [1.54, 1.807) is 12.3 Å². The summed E-state index contributed by atoms with van der Waals surface area (Å²) < 4.78 is 0. The molecule has 1 N–H and O–H groups in total. The first-order valence-electron chi connectivity index (χ1n) is 8.79. The summed E-state index contributed by atoms with van der Waals surface area (Å²) in [5.41, 5.74) is 3.72. The number of carbonyl (C=O) groups excluding carboxylic acids is 1. The van der Waals surface area contributed by atoms with Crippen molar-refractivity contribution in [3.05, 3.63) is 53.9 Å². The van der Waals surface area contributed by atoms with Crippen molar-refractivity contribution in [2.24, 2.45) is 0 Å². The first-order valence-corrected chi connectivity index (χ1v) is 8.79. The Morgan fingerprint density at radius 1 is 0.958 bits per heavy atom. The summed E-state index contributed by atoms with van der Waals surface area (Å²) in [4.78, 5) is 18.7. The van der Waals surface area contributed by atoms with E-state index in [0.29, 0.717) is 5.69 Å². The molecule has 24 heavy (non-hydrogen) atoms. The Hall–Kier alpha value is -2.36. The van der Waals surface area contributed by atoms with Crippen molar-refractivity contribution in [1.29, 1.82) is 0 Å². The molecule has 0 bridgehead atoms. The van der Waals surface area contributed by atoms with E-state index in [1.807, 2.05) is 11.0 Å². The first kappa shape index (κ1) is 18.0. The molecular formula is C20H27N3O. The van der Waals surface area contributed by atoms with E-state index in [2.05, 4.69) is 55.3 Å². The van der Waals surface area contributed by atoms with Gasteiger partial charge in [-0.15, -0.1) is 0 Å². The van der Waals surface area contributed by atoms with Crippen LogP contribution < -0.4 is 5.32 Å². The topological polar surface area (TPSA) is 45.2 Å². The van der Waals surface area contributed by atoms with E-state index in [1.165, 1.54) is 5.56 Å². The van der Waals surface area contributed by atoms with E-state index in [0.717, 1.165) is 43.7 Å². The Morgan fingerprint density at radius 2 is 1.58 bits per heavy atom. The number of nitrogens with zero attached hydrogens (tertiary/aromatic N) is 2. The highest BCUT2D eigenvalue weighted by atomic mass is 16.2. The summed E-state index contributed by atoms with van der Waals surface area (Å²) >= 11 is 0. The van der Waals surface area contributed by atoms with Gasteiger partial charge in [-0.3, -0.25) is 4.79 Å². The molecule has 1 heterocycles. The van der Waals surface area contributed by atoms with E-state index in [4.69, 9.17) is 0 Å². The molecule has 4 nitrogen and oxygen atoms in total. The van der Waals surface area contributed by atoms with Gasteiger partial charge in [0, 0.05) is 18.8 Å². The third kappa shape index (κ3) is 4.82. The molecule has 0 spiro atoms. The van der Waals surface area contributed by atoms with Crippen molar-refractivity contribution in [1.82, 2.24) is 9.88 Å². The number of hydrogen-bond donors (Lipinski definition) is 1. The van der Waals surface area contributed by atoms with Crippen LogP contribution in [0.3, 0.4) is 0 Å². The van der Waals surface area contributed by atoms with Gasteiger partial charge >= 0.3 is 0 Å². The summed E-state index contributed by atoms with van der Waals surface area (Å²) in [7, 11) is 0. The number of amides is 1. The standard InChI is InChI=1S/C20H27N3O/c1-4-13-23(14-5-2)20(24)19-12-11-18(15-21-19)22-17-9-7-16(6-3)8-10-17/h7-12,15,22H,4-6,13-14H2,1-3H3. The maximum atomic E-state index is 12.5. The van der Waals surface area contributed by atoms with E-state index >= 15 is 0 Å². The summed E-state index contributed by atoms with van der Waals surface area (Å²) in [5, 5.41) is 3.31. The predicted octanol–water partition coefficient (Wildman–Crippen LogP) is 4.65. The van der Waals surface area contributed by atoms with Crippen molar-refractivity contribution in [2.75, 3.05) is 18.4 Å². The summed E-state index contributed by atoms with van der Waals surface area (Å²) in [5.74, 6) is 0.0116. The number of carbonyl (C=O) groups is 1. The predicted molar refractivity (Wildman–Crippen MR) is 99.8 cm³/mol. The fourth-order valence-electron chi connectivity index (χ4n) is 2.60. The Bertz CT molecular complexity index is 629. The molecule has 0 radical (unpaired) electrons. The number of aromatic nitrogens is 1. The van der Waals surface area contributed by atoms with Crippen LogP contribution in [0.4, 0.5) is 11.4 Å². The lowest BCUT2D eigenvalue weighted by molar-refractivity contribution is 0.0749. The maximum Gasteiger partial charge on any atom is 0.272 e. The van der Waals surface area contributed by atoms with Crippen molar-refractivity contribution in [2.45, 2.75) is 40.0 Å². The van der Waals surface area contributed by atoms with Gasteiger partial charge in [-0.25, -0.2) is 4.98 Å². The quantitative estimate of drug-likeness (QED) is 0.768. The second-order valence-electron chi connectivity index (χ2n) is 5.90. The van der Waals surface area contributed by atoms with Gasteiger partial charge in [-0.2, -0.15) is 0 Å². The van der Waals surface area contributed by atoms with Crippen LogP contribution in [-0.4, -0.2) is 28.9 Å². The van der Waals surface area contributed by atoms with Gasteiger partial charge in [0.15, 0.2) is 0 Å². The molecule has 2 aromatic rings. The summed E-state index contributed by atoms with van der Waals surface area (Å²) in [6.45, 7) is 7.86. The molecule has 1 amide bonds. The minimum Gasteiger partial charge on any atom is -0.354 e. The molecule has 1 aromatic carbocycles. The fourth-order valence-corrected chi connectivity index (χ4v) is 2.60. The third-order valence-electron chi connectivity index (χ3n) is 3.91. The summed E-state index contributed by atoms with van der Waals surface area (Å²) in [6.07, 6.45) is 4.67. The lowest BCUT2D eigenvalue weighted by Gasteiger charge is -2.21. The molecule has 0 saturated carbocycles. The average Bonchev–Trinajstić information content (AvgIpc) is 2.62. The van der Waals surface area contributed by atoms with Crippen molar-refractivity contribution in [3.8, 4) is 0 Å². The Kier molecular flexibility index (Phi) is 6.79. The van der Waals surface area contributed by atoms with Gasteiger partial charge in [0.2, 0.25) is 0 Å². The largest absolute Gasteiger partial charge is 0.354 e. The molecule has 1 aromatic heterocycles. The molecular weight excluding hydrogens is 298 g/mol. The third-order valence-corrected chi connectivity index (χ3v) is 3.91. The van der Waals surface area contributed by atoms with Crippen molar-refractivity contribution in [3.63, 3.8) is 0 Å². The minimum absolute atomic E-state index is 0.0116. The highest BCUT2D eigenvalue weighted by Crippen LogP contribution is 2.17. The van der Waals surface area contributed by atoms with Gasteiger partial charge in [0.25, 0.3) is 5.91 Å². The normalized spacial score (nSPS) is 10.5. The molecule has 0 unspecified atom stereocenters. The molecule has 2 rings (SSSR count). The zero-order valence-electron chi connectivity index (χ0n) is 14.9. The number of hydrogen-bond acceptors (Lipinski definition) is 3. The molecule has 0 aliphatic rings. The highest BCUT2D eigenvalue weighted by Gasteiger charge is 2.15. The van der Waals surface area contributed by atoms with Gasteiger partial charge < -0.3 is 10.2 Å². The van der Waals surface area contributed by atoms with Crippen molar-refractivity contribution < 1.29 is 4.79 Å². The number of benzene rings is 1. The summed E-state index contributed by atoms with van der Waals surface area (Å²) in [6, 6.07) is 12.0. The molecule has 0 atom stereocenters. The number of nitrogens with one attached hydrogen (secondary N) is 1. The van der Waals surface area contributed by atoms with Gasteiger partial charge in [-0.1, -0.05) is 32.9 Å². The molecule has 4 heteroatoms. The van der Waals surface area contributed by atoms with Crippen LogP contribution in [0.1, 0.15) is 49.7 Å². The minimum atomic E-state index is 0.0116. The van der Waals surface area contributed by atoms with E-state index < -0.39 is 0 Å². The monoisotopic (exact) mass is 325 g/mol. The van der Waals surface area contributed by atoms with Crippen LogP contribution >= 0.6 is 0 Å². The molecule has 128 valence electrons. The molecule has 0 aliphatic heterocycles. The maximum absolute atomic E-state index is 12.5. The van der Waals surface area contributed by atoms with Crippen molar-refractivity contribution >= 4 is 17.3 Å². The first-order chi connectivity index (χ1) is 11.7. The Morgan fingerprint density at radius 3 is 2.08 bits per heavy atom. The van der Waals surface area contributed by atoms with Crippen LogP contribution in [0, 0.1) is 0 Å². The van der Waals surface area contributed by atoms with Crippen LogP contribution in [0.2, 0.25) is 0 Å². The zero-order valence-corrected chi connectivity index (χ0v) is 14.9. The Labute approximate surface area is 144 Å². The number of aryl methyl sites for hydroxylation is 1. The molecule has 0 aliphatic carbocycles. The number of anilines is 2. The number of pyridine rings is 1. The van der Waals surface area contributed by atoms with E-state index in [-0.39, 0.29) is 5.91 Å². The van der Waals surface area contributed by atoms with Gasteiger partial charge in [0.1, 0.15) is 5.69 Å². The smallest absolute Gasteiger partial charge is 0.272 e. The van der Waals surface area contributed by atoms with Crippen LogP contribution in [0.15, 0.2) is 42.6 Å². The van der Waals surface area contributed by atoms with E-state index in [9.17, 15) is 4.79 Å². The Balaban J connectivity index is 2.04. The van der Waals surface area contributed by atoms with Gasteiger partial charge in [0.05, 0.1) is 11.9 Å². The fraction of sp³-hybridized carbons (Fsp3) is 0.400. The average molecular weight is 325 g/mol. The van der Waals surface area contributed by atoms with Crippen LogP contribution in [0.25, 0.3) is 0 Å². The second-order valence-corrected chi connectivity index (χ2v) is 5.90. The highest BCUT2D eigenvalue weighted by molar-refractivity contribution is 5.92. The van der Waals surface area contributed by atoms with Gasteiger partial charge in [-0.05, 0) is 49.1 Å². The lowest BCUT2D eigenvalue weighted by Crippen LogP contribution is -2.33.